The summed E-state index contributed by atoms with van der Waals surface area (Å²) in [5.41, 5.74) is 3.10. The van der Waals surface area contributed by atoms with Gasteiger partial charge in [-0.2, -0.15) is 0 Å². The molecule has 0 aromatic rings. The van der Waals surface area contributed by atoms with Gasteiger partial charge in [-0.05, 0) is 26.2 Å². The molecule has 0 bridgehead atoms. The second-order valence-electron chi connectivity index (χ2n) is 3.95. The Morgan fingerprint density at radius 1 is 1.50 bits per heavy atom. The van der Waals surface area contributed by atoms with Crippen LogP contribution in [0.1, 0.15) is 46.5 Å². The highest BCUT2D eigenvalue weighted by Gasteiger charge is 2.10. The fraction of sp³-hybridized carbons (Fsp3) is 0.571. The van der Waals surface area contributed by atoms with Gasteiger partial charge in [0.2, 0.25) is 0 Å². The summed E-state index contributed by atoms with van der Waals surface area (Å²) in [6.07, 6.45) is 14.3. The van der Waals surface area contributed by atoms with Gasteiger partial charge in [0.05, 0.1) is 0 Å². The van der Waals surface area contributed by atoms with Crippen molar-refractivity contribution in [2.75, 3.05) is 0 Å². The van der Waals surface area contributed by atoms with Crippen LogP contribution >= 0.6 is 0 Å². The maximum Gasteiger partial charge on any atom is 0.00144 e. The maximum absolute atomic E-state index is 2.41. The van der Waals surface area contributed by atoms with Crippen LogP contribution in [0.3, 0.4) is 0 Å². The second-order valence-corrected chi connectivity index (χ2v) is 3.95. The molecule has 0 aromatic carbocycles. The van der Waals surface area contributed by atoms with E-state index in [4.69, 9.17) is 0 Å². The molecule has 0 aliphatic heterocycles. The van der Waals surface area contributed by atoms with Gasteiger partial charge >= 0.3 is 0 Å². The van der Waals surface area contributed by atoms with E-state index < -0.39 is 0 Å². The van der Waals surface area contributed by atoms with E-state index in [-0.39, 0.29) is 0 Å². The Labute approximate surface area is 88.4 Å². The molecule has 0 amide bonds. The molecule has 1 aliphatic rings. The van der Waals surface area contributed by atoms with Crippen molar-refractivity contribution >= 4 is 0 Å². The summed E-state index contributed by atoms with van der Waals surface area (Å²) in [6, 6.07) is 0. The van der Waals surface area contributed by atoms with Crippen LogP contribution in [0, 0.1) is 5.92 Å². The van der Waals surface area contributed by atoms with Crippen LogP contribution in [-0.2, 0) is 0 Å². The third-order valence-corrected chi connectivity index (χ3v) is 2.97. The third-order valence-electron chi connectivity index (χ3n) is 2.97. The van der Waals surface area contributed by atoms with Gasteiger partial charge in [0.25, 0.3) is 0 Å². The summed E-state index contributed by atoms with van der Waals surface area (Å²) in [7, 11) is 0. The average Bonchev–Trinajstić information content (AvgIpc) is 2.23. The van der Waals surface area contributed by atoms with Crippen LogP contribution < -0.4 is 0 Å². The zero-order valence-corrected chi connectivity index (χ0v) is 9.72. The number of rotatable bonds is 4. The lowest BCUT2D eigenvalue weighted by molar-refractivity contribution is 0.718. The predicted octanol–water partition coefficient (Wildman–Crippen LogP) is 4.65. The van der Waals surface area contributed by atoms with Gasteiger partial charge in [-0.1, -0.05) is 55.7 Å². The van der Waals surface area contributed by atoms with E-state index >= 15 is 0 Å². The minimum absolute atomic E-state index is 0.672. The Morgan fingerprint density at radius 3 is 2.71 bits per heavy atom. The summed E-state index contributed by atoms with van der Waals surface area (Å²) in [6.45, 7) is 6.64. The average molecular weight is 190 g/mol. The minimum Gasteiger partial charge on any atom is -0.0879 e. The van der Waals surface area contributed by atoms with Crippen LogP contribution in [0.15, 0.2) is 35.5 Å². The predicted molar refractivity (Wildman–Crippen MR) is 64.3 cm³/mol. The van der Waals surface area contributed by atoms with E-state index in [1.165, 1.54) is 31.3 Å². The number of allylic oxidation sites excluding steroid dienone is 6. The van der Waals surface area contributed by atoms with Gasteiger partial charge in [-0.3, -0.25) is 0 Å². The molecule has 0 heteroatoms. The Bertz CT molecular complexity index is 253. The second kappa shape index (κ2) is 5.85. The summed E-state index contributed by atoms with van der Waals surface area (Å²) in [5, 5.41) is 0. The highest BCUT2D eigenvalue weighted by atomic mass is 14.2. The maximum atomic E-state index is 2.41. The van der Waals surface area contributed by atoms with Gasteiger partial charge in [0.15, 0.2) is 0 Å². The van der Waals surface area contributed by atoms with Gasteiger partial charge < -0.3 is 0 Å². The molecule has 0 heterocycles. The molecule has 1 aliphatic carbocycles. The van der Waals surface area contributed by atoms with Crippen LogP contribution in [0.4, 0.5) is 0 Å². The molecule has 0 nitrogen and oxygen atoms in total. The van der Waals surface area contributed by atoms with Gasteiger partial charge in [0.1, 0.15) is 0 Å². The summed E-state index contributed by atoms with van der Waals surface area (Å²) in [5.74, 6) is 0.672. The normalized spacial score (nSPS) is 22.4. The molecule has 0 fully saturated rings. The van der Waals surface area contributed by atoms with Crippen LogP contribution in [-0.4, -0.2) is 0 Å². The van der Waals surface area contributed by atoms with Crippen molar-refractivity contribution in [3.63, 3.8) is 0 Å². The zero-order valence-electron chi connectivity index (χ0n) is 9.72. The van der Waals surface area contributed by atoms with Crippen molar-refractivity contribution < 1.29 is 0 Å². The van der Waals surface area contributed by atoms with Crippen molar-refractivity contribution in [2.24, 2.45) is 5.92 Å². The number of hydrogen-bond acceptors (Lipinski definition) is 0. The Kier molecular flexibility index (Phi) is 4.72. The van der Waals surface area contributed by atoms with Gasteiger partial charge in [0, 0.05) is 5.92 Å². The standard InChI is InChI=1S/C14H22/c1-4-7-12-8-10-14(11-9-12)13(5-2)6-3/h5,8-10,14H,4,6-7,11H2,1-3H3/b13-5+. The van der Waals surface area contributed by atoms with E-state index in [0.717, 1.165) is 0 Å². The minimum atomic E-state index is 0.672. The first-order chi connectivity index (χ1) is 6.81. The van der Waals surface area contributed by atoms with Crippen molar-refractivity contribution in [2.45, 2.75) is 46.5 Å². The van der Waals surface area contributed by atoms with Crippen molar-refractivity contribution in [1.29, 1.82) is 0 Å². The van der Waals surface area contributed by atoms with E-state index in [2.05, 4.69) is 45.1 Å². The van der Waals surface area contributed by atoms with E-state index in [0.29, 0.717) is 5.92 Å². The smallest absolute Gasteiger partial charge is 0.00144 e. The monoisotopic (exact) mass is 190 g/mol. The lowest BCUT2D eigenvalue weighted by Gasteiger charge is -2.18. The van der Waals surface area contributed by atoms with Crippen molar-refractivity contribution in [3.8, 4) is 0 Å². The molecule has 78 valence electrons. The molecule has 0 N–H and O–H groups in total. The molecule has 0 aromatic heterocycles. The molecule has 1 unspecified atom stereocenters. The fourth-order valence-electron chi connectivity index (χ4n) is 2.09. The van der Waals surface area contributed by atoms with Crippen molar-refractivity contribution in [3.05, 3.63) is 35.5 Å². The summed E-state index contributed by atoms with van der Waals surface area (Å²) >= 11 is 0. The zero-order chi connectivity index (χ0) is 10.4. The molecule has 1 rings (SSSR count). The Morgan fingerprint density at radius 2 is 2.29 bits per heavy atom. The first-order valence-electron chi connectivity index (χ1n) is 5.84. The van der Waals surface area contributed by atoms with E-state index in [1.54, 1.807) is 5.57 Å². The summed E-state index contributed by atoms with van der Waals surface area (Å²) in [4.78, 5) is 0. The SMILES string of the molecule is C/C=C(\CC)C1C=CC(CCC)=CC1. The van der Waals surface area contributed by atoms with Crippen LogP contribution in [0.5, 0.6) is 0 Å². The summed E-state index contributed by atoms with van der Waals surface area (Å²) < 4.78 is 0. The Balaban J connectivity index is 2.55. The molecule has 0 radical (unpaired) electrons. The molecule has 1 atom stereocenters. The van der Waals surface area contributed by atoms with Crippen LogP contribution in [0.25, 0.3) is 0 Å². The Hall–Kier alpha value is -0.780. The lowest BCUT2D eigenvalue weighted by Crippen LogP contribution is -2.03. The highest BCUT2D eigenvalue weighted by molar-refractivity contribution is 5.28. The lowest BCUT2D eigenvalue weighted by atomic mass is 9.87. The molecular formula is C14H22. The highest BCUT2D eigenvalue weighted by Crippen LogP contribution is 2.26. The first kappa shape index (κ1) is 11.3. The van der Waals surface area contributed by atoms with Crippen molar-refractivity contribution in [1.82, 2.24) is 0 Å². The first-order valence-corrected chi connectivity index (χ1v) is 5.84. The molecule has 0 saturated carbocycles. The number of hydrogen-bond donors (Lipinski definition) is 0. The quantitative estimate of drug-likeness (QED) is 0.566. The molecule has 14 heavy (non-hydrogen) atoms. The van der Waals surface area contributed by atoms with Gasteiger partial charge in [-0.15, -0.1) is 0 Å². The topological polar surface area (TPSA) is 0 Å². The molecule has 0 saturated heterocycles. The molecular weight excluding hydrogens is 168 g/mol. The largest absolute Gasteiger partial charge is 0.0879 e. The van der Waals surface area contributed by atoms with Gasteiger partial charge in [-0.25, -0.2) is 0 Å². The fourth-order valence-corrected chi connectivity index (χ4v) is 2.09. The third kappa shape index (κ3) is 2.87. The van der Waals surface area contributed by atoms with E-state index in [9.17, 15) is 0 Å². The molecule has 0 spiro atoms. The van der Waals surface area contributed by atoms with E-state index in [1.807, 2.05) is 0 Å². The van der Waals surface area contributed by atoms with Crippen LogP contribution in [0.2, 0.25) is 0 Å².